The van der Waals surface area contributed by atoms with Crippen LogP contribution in [0.4, 0.5) is 0 Å². The third-order valence-electron chi connectivity index (χ3n) is 4.91. The summed E-state index contributed by atoms with van der Waals surface area (Å²) >= 11 is 0. The standard InChI is InChI=1S/C20H18N2O5/c1-26-19(24)16-10-13-6-2-3-7-14(13)11-21(16)18(23)12-22-15-8-4-5-9-17(15)27-20(22)25/h2-9,16H,10-12H2,1H3/t16-/m1/s1. The van der Waals surface area contributed by atoms with E-state index in [1.807, 2.05) is 24.3 Å². The minimum absolute atomic E-state index is 0.203. The third kappa shape index (κ3) is 3.01. The smallest absolute Gasteiger partial charge is 0.420 e. The Morgan fingerprint density at radius 3 is 2.59 bits per heavy atom. The molecule has 27 heavy (non-hydrogen) atoms. The molecule has 1 atom stereocenters. The van der Waals surface area contributed by atoms with Crippen LogP contribution < -0.4 is 5.76 Å². The van der Waals surface area contributed by atoms with Crippen LogP contribution in [-0.2, 0) is 33.8 Å². The van der Waals surface area contributed by atoms with Gasteiger partial charge in [0.05, 0.1) is 12.6 Å². The molecule has 4 rings (SSSR count). The van der Waals surface area contributed by atoms with Crippen LogP contribution in [0.3, 0.4) is 0 Å². The second-order valence-corrected chi connectivity index (χ2v) is 6.46. The normalized spacial score (nSPS) is 16.2. The molecule has 1 aromatic heterocycles. The van der Waals surface area contributed by atoms with Crippen molar-refractivity contribution in [2.24, 2.45) is 0 Å². The number of methoxy groups -OCH3 is 1. The maximum absolute atomic E-state index is 13.0. The lowest BCUT2D eigenvalue weighted by molar-refractivity contribution is -0.154. The molecule has 0 bridgehead atoms. The van der Waals surface area contributed by atoms with Gasteiger partial charge in [-0.3, -0.25) is 9.36 Å². The average Bonchev–Trinajstić information content (AvgIpc) is 3.01. The van der Waals surface area contributed by atoms with E-state index in [4.69, 9.17) is 9.15 Å². The molecule has 2 aromatic carbocycles. The molecule has 0 spiro atoms. The molecule has 1 amide bonds. The van der Waals surface area contributed by atoms with Crippen molar-refractivity contribution in [1.29, 1.82) is 0 Å². The largest absolute Gasteiger partial charge is 0.467 e. The zero-order chi connectivity index (χ0) is 19.0. The van der Waals surface area contributed by atoms with E-state index in [2.05, 4.69) is 0 Å². The summed E-state index contributed by atoms with van der Waals surface area (Å²) in [5, 5.41) is 0. The molecule has 0 saturated carbocycles. The molecule has 7 heteroatoms. The molecule has 0 N–H and O–H groups in total. The average molecular weight is 366 g/mol. The van der Waals surface area contributed by atoms with Gasteiger partial charge in [0.25, 0.3) is 0 Å². The number of ether oxygens (including phenoxy) is 1. The Labute approximate surface area is 154 Å². The summed E-state index contributed by atoms with van der Waals surface area (Å²) in [5.41, 5.74) is 2.96. The Balaban J connectivity index is 1.67. The number of carbonyl (C=O) groups excluding carboxylic acids is 2. The van der Waals surface area contributed by atoms with Crippen LogP contribution in [0.5, 0.6) is 0 Å². The third-order valence-corrected chi connectivity index (χ3v) is 4.91. The number of hydrogen-bond acceptors (Lipinski definition) is 5. The Morgan fingerprint density at radius 1 is 1.11 bits per heavy atom. The van der Waals surface area contributed by atoms with Crippen molar-refractivity contribution in [2.45, 2.75) is 25.6 Å². The van der Waals surface area contributed by atoms with Gasteiger partial charge >= 0.3 is 11.7 Å². The number of oxazole rings is 1. The van der Waals surface area contributed by atoms with Gasteiger partial charge in [-0.05, 0) is 23.3 Å². The molecule has 7 nitrogen and oxygen atoms in total. The van der Waals surface area contributed by atoms with Crippen molar-refractivity contribution in [3.63, 3.8) is 0 Å². The number of carbonyl (C=O) groups is 2. The van der Waals surface area contributed by atoms with Crippen molar-refractivity contribution >= 4 is 23.0 Å². The summed E-state index contributed by atoms with van der Waals surface area (Å²) in [4.78, 5) is 38.9. The minimum Gasteiger partial charge on any atom is -0.467 e. The molecule has 0 aliphatic carbocycles. The summed E-state index contributed by atoms with van der Waals surface area (Å²) in [6, 6.07) is 13.9. The van der Waals surface area contributed by atoms with Gasteiger partial charge < -0.3 is 14.1 Å². The number of hydrogen-bond donors (Lipinski definition) is 0. The Bertz CT molecular complexity index is 1080. The van der Waals surface area contributed by atoms with Gasteiger partial charge in [0.2, 0.25) is 5.91 Å². The van der Waals surface area contributed by atoms with E-state index in [9.17, 15) is 14.4 Å². The summed E-state index contributed by atoms with van der Waals surface area (Å²) in [6.07, 6.45) is 0.385. The minimum atomic E-state index is -0.716. The number of fused-ring (bicyclic) bond motifs is 2. The SMILES string of the molecule is COC(=O)[C@H]1Cc2ccccc2CN1C(=O)Cn1c(=O)oc2ccccc21. The molecule has 0 fully saturated rings. The zero-order valence-corrected chi connectivity index (χ0v) is 14.8. The highest BCUT2D eigenvalue weighted by Crippen LogP contribution is 2.24. The molecule has 1 aliphatic heterocycles. The van der Waals surface area contributed by atoms with E-state index in [1.165, 1.54) is 16.6 Å². The lowest BCUT2D eigenvalue weighted by Crippen LogP contribution is -2.50. The van der Waals surface area contributed by atoms with Gasteiger partial charge in [-0.2, -0.15) is 0 Å². The number of rotatable bonds is 3. The van der Waals surface area contributed by atoms with E-state index in [-0.39, 0.29) is 12.5 Å². The van der Waals surface area contributed by atoms with Crippen molar-refractivity contribution in [2.75, 3.05) is 7.11 Å². The van der Waals surface area contributed by atoms with Gasteiger partial charge in [0, 0.05) is 13.0 Å². The van der Waals surface area contributed by atoms with Gasteiger partial charge in [-0.15, -0.1) is 0 Å². The van der Waals surface area contributed by atoms with E-state index in [1.54, 1.807) is 24.3 Å². The van der Waals surface area contributed by atoms with E-state index in [0.29, 0.717) is 24.1 Å². The van der Waals surface area contributed by atoms with Crippen molar-refractivity contribution < 1.29 is 18.7 Å². The maximum Gasteiger partial charge on any atom is 0.420 e. The van der Waals surface area contributed by atoms with Crippen molar-refractivity contribution in [3.05, 3.63) is 70.2 Å². The maximum atomic E-state index is 13.0. The van der Waals surface area contributed by atoms with Crippen LogP contribution in [0, 0.1) is 0 Å². The van der Waals surface area contributed by atoms with Crippen molar-refractivity contribution in [1.82, 2.24) is 9.47 Å². The molecular formula is C20H18N2O5. The quantitative estimate of drug-likeness (QED) is 0.659. The molecule has 138 valence electrons. The predicted molar refractivity (Wildman–Crippen MR) is 97.0 cm³/mol. The molecule has 1 aliphatic rings. The Kier molecular flexibility index (Phi) is 4.27. The first-order valence-corrected chi connectivity index (χ1v) is 8.61. The highest BCUT2D eigenvalue weighted by atomic mass is 16.5. The Morgan fingerprint density at radius 2 is 1.81 bits per heavy atom. The number of esters is 1. The monoisotopic (exact) mass is 366 g/mol. The summed E-state index contributed by atoms with van der Waals surface area (Å²) < 4.78 is 11.4. The summed E-state index contributed by atoms with van der Waals surface area (Å²) in [6.45, 7) is 0.0881. The fraction of sp³-hybridized carbons (Fsp3) is 0.250. The van der Waals surface area contributed by atoms with Crippen LogP contribution in [0.1, 0.15) is 11.1 Å². The molecule has 3 aromatic rings. The highest BCUT2D eigenvalue weighted by Gasteiger charge is 2.35. The molecular weight excluding hydrogens is 348 g/mol. The van der Waals surface area contributed by atoms with E-state index in [0.717, 1.165) is 11.1 Å². The lowest BCUT2D eigenvalue weighted by atomic mass is 9.94. The fourth-order valence-electron chi connectivity index (χ4n) is 3.52. The van der Waals surface area contributed by atoms with E-state index < -0.39 is 17.8 Å². The first kappa shape index (κ1) is 17.1. The summed E-state index contributed by atoms with van der Waals surface area (Å²) in [7, 11) is 1.31. The van der Waals surface area contributed by atoms with Crippen molar-refractivity contribution in [3.8, 4) is 0 Å². The first-order valence-electron chi connectivity index (χ1n) is 8.61. The van der Waals surface area contributed by atoms with Gasteiger partial charge in [-0.25, -0.2) is 9.59 Å². The molecule has 0 saturated heterocycles. The fourth-order valence-corrected chi connectivity index (χ4v) is 3.52. The first-order chi connectivity index (χ1) is 13.1. The van der Waals surface area contributed by atoms with Gasteiger partial charge in [0.1, 0.15) is 12.6 Å². The number of amides is 1. The lowest BCUT2D eigenvalue weighted by Gasteiger charge is -2.35. The van der Waals surface area contributed by atoms with Crippen LogP contribution in [0.15, 0.2) is 57.7 Å². The number of aromatic nitrogens is 1. The van der Waals surface area contributed by atoms with E-state index >= 15 is 0 Å². The topological polar surface area (TPSA) is 81.8 Å². The Hall–Kier alpha value is -3.35. The van der Waals surface area contributed by atoms with Gasteiger partial charge in [-0.1, -0.05) is 36.4 Å². The second kappa shape index (κ2) is 6.75. The number of benzene rings is 2. The molecule has 0 radical (unpaired) electrons. The molecule has 0 unspecified atom stereocenters. The van der Waals surface area contributed by atoms with Crippen LogP contribution in [0.2, 0.25) is 0 Å². The number of para-hydroxylation sites is 2. The number of nitrogens with zero attached hydrogens (tertiary/aromatic N) is 2. The van der Waals surface area contributed by atoms with Gasteiger partial charge in [0.15, 0.2) is 5.58 Å². The predicted octanol–water partition coefficient (Wildman–Crippen LogP) is 1.72. The zero-order valence-electron chi connectivity index (χ0n) is 14.8. The summed E-state index contributed by atoms with van der Waals surface area (Å²) in [5.74, 6) is -1.41. The highest BCUT2D eigenvalue weighted by molar-refractivity contribution is 5.86. The van der Waals surface area contributed by atoms with Crippen LogP contribution in [0.25, 0.3) is 11.1 Å². The van der Waals surface area contributed by atoms with Crippen LogP contribution in [-0.4, -0.2) is 34.5 Å². The molecule has 2 heterocycles. The van der Waals surface area contributed by atoms with Crippen LogP contribution >= 0.6 is 0 Å². The second-order valence-electron chi connectivity index (χ2n) is 6.46.